The maximum absolute atomic E-state index is 13.0. The van der Waals surface area contributed by atoms with Gasteiger partial charge in [0.25, 0.3) is 0 Å². The van der Waals surface area contributed by atoms with Gasteiger partial charge in [0, 0.05) is 16.1 Å². The normalized spacial score (nSPS) is 17.2. The van der Waals surface area contributed by atoms with Gasteiger partial charge >= 0.3 is 0 Å². The van der Waals surface area contributed by atoms with Crippen LogP contribution < -0.4 is 4.90 Å². The number of anilines is 1. The molecule has 198 valence electrons. The number of halogens is 2. The number of phenols is 2. The van der Waals surface area contributed by atoms with Gasteiger partial charge in [0.1, 0.15) is 22.6 Å². The van der Waals surface area contributed by atoms with E-state index in [4.69, 9.17) is 11.6 Å². The minimum Gasteiger partial charge on any atom is -0.508 e. The lowest BCUT2D eigenvalue weighted by atomic mass is 9.91. The maximum atomic E-state index is 13.0. The number of para-hydroxylation sites is 1. The van der Waals surface area contributed by atoms with E-state index in [-0.39, 0.29) is 11.5 Å². The molecule has 0 spiro atoms. The third kappa shape index (κ3) is 4.94. The Bertz CT molecular complexity index is 1790. The van der Waals surface area contributed by atoms with E-state index in [0.29, 0.717) is 33.4 Å². The predicted molar refractivity (Wildman–Crippen MR) is 158 cm³/mol. The summed E-state index contributed by atoms with van der Waals surface area (Å²) in [7, 11) is 0. The lowest BCUT2D eigenvalue weighted by molar-refractivity contribution is -0.123. The molecule has 2 unspecified atom stereocenters. The van der Waals surface area contributed by atoms with E-state index >= 15 is 0 Å². The molecule has 1 aliphatic heterocycles. The summed E-state index contributed by atoms with van der Waals surface area (Å²) in [6, 6.07) is 23.4. The molecule has 0 radical (unpaired) electrons. The topological polar surface area (TPSA) is 123 Å². The summed E-state index contributed by atoms with van der Waals surface area (Å²) in [5.74, 6) is -0.541. The van der Waals surface area contributed by atoms with E-state index in [0.717, 1.165) is 14.7 Å². The van der Waals surface area contributed by atoms with Crippen LogP contribution in [0.1, 0.15) is 11.6 Å². The fraction of sp³-hybridized carbons (Fsp3) is 0.0714. The van der Waals surface area contributed by atoms with E-state index in [1.165, 1.54) is 34.4 Å². The van der Waals surface area contributed by atoms with Gasteiger partial charge in [-0.1, -0.05) is 35.6 Å². The van der Waals surface area contributed by atoms with Gasteiger partial charge in [-0.05, 0) is 70.5 Å². The molecule has 6 rings (SSSR count). The fourth-order valence-electron chi connectivity index (χ4n) is 4.29. The largest absolute Gasteiger partial charge is 0.508 e. The standard InChI is InChI=1S/C28H18BrClN6O3S/c29-18-5-1-2-6-19(18)33-34-20-11-10-16(37)14-22(20)36-26(25(30)27(36)39)17-13-15(9-12-23(17)38)32-35-28-31-21-7-3-4-8-24(21)40-28/h1-14,25-26,37-38H. The number of rotatable bonds is 6. The van der Waals surface area contributed by atoms with Gasteiger partial charge in [0.15, 0.2) is 0 Å². The maximum Gasteiger partial charge on any atom is 0.248 e. The van der Waals surface area contributed by atoms with Crippen LogP contribution in [0.3, 0.4) is 0 Å². The van der Waals surface area contributed by atoms with E-state index in [9.17, 15) is 15.0 Å². The number of azo groups is 2. The van der Waals surface area contributed by atoms with Crippen LogP contribution >= 0.6 is 38.9 Å². The molecule has 0 saturated carbocycles. The van der Waals surface area contributed by atoms with Gasteiger partial charge in [-0.3, -0.25) is 9.69 Å². The molecule has 0 aliphatic carbocycles. The second-order valence-corrected chi connectivity index (χ2v) is 11.1. The number of hydrogen-bond acceptors (Lipinski definition) is 9. The van der Waals surface area contributed by atoms with Crippen LogP contribution in [0, 0.1) is 0 Å². The molecule has 1 aliphatic rings. The van der Waals surface area contributed by atoms with Crippen LogP contribution in [0.5, 0.6) is 11.5 Å². The summed E-state index contributed by atoms with van der Waals surface area (Å²) in [4.78, 5) is 18.9. The Morgan fingerprint density at radius 3 is 2.48 bits per heavy atom. The van der Waals surface area contributed by atoms with Crippen molar-refractivity contribution < 1.29 is 15.0 Å². The molecule has 1 saturated heterocycles. The van der Waals surface area contributed by atoms with E-state index in [1.807, 2.05) is 42.5 Å². The molecule has 9 nitrogen and oxygen atoms in total. The highest BCUT2D eigenvalue weighted by atomic mass is 79.9. The van der Waals surface area contributed by atoms with Crippen molar-refractivity contribution in [3.8, 4) is 11.5 Å². The molecule has 2 heterocycles. The molecule has 0 bridgehead atoms. The van der Waals surface area contributed by atoms with Crippen molar-refractivity contribution in [1.82, 2.24) is 4.98 Å². The summed E-state index contributed by atoms with van der Waals surface area (Å²) in [6.07, 6.45) is 0. The number of amides is 1. The Morgan fingerprint density at radius 1 is 0.875 bits per heavy atom. The second-order valence-electron chi connectivity index (χ2n) is 8.79. The minimum absolute atomic E-state index is 0.0661. The van der Waals surface area contributed by atoms with Crippen LogP contribution in [-0.4, -0.2) is 26.5 Å². The molecule has 12 heteroatoms. The Kier molecular flexibility index (Phi) is 7.01. The van der Waals surface area contributed by atoms with Crippen molar-refractivity contribution >= 4 is 82.9 Å². The highest BCUT2D eigenvalue weighted by Crippen LogP contribution is 2.49. The Labute approximate surface area is 245 Å². The third-order valence-corrected chi connectivity index (χ3v) is 8.25. The summed E-state index contributed by atoms with van der Waals surface area (Å²) < 4.78 is 1.75. The average molecular weight is 634 g/mol. The monoisotopic (exact) mass is 632 g/mol. The van der Waals surface area contributed by atoms with Gasteiger partial charge in [-0.15, -0.1) is 32.1 Å². The van der Waals surface area contributed by atoms with Crippen molar-refractivity contribution in [2.45, 2.75) is 11.4 Å². The molecule has 2 N–H and O–H groups in total. The summed E-state index contributed by atoms with van der Waals surface area (Å²) in [5.41, 5.74) is 2.87. The van der Waals surface area contributed by atoms with Crippen LogP contribution in [0.2, 0.25) is 0 Å². The van der Waals surface area contributed by atoms with Gasteiger partial charge in [-0.25, -0.2) is 4.98 Å². The average Bonchev–Trinajstić information content (AvgIpc) is 3.38. The number of β-lactam (4-membered cyclic amide) rings is 1. The van der Waals surface area contributed by atoms with Crippen molar-refractivity contribution in [3.05, 3.63) is 95.0 Å². The number of alkyl halides is 1. The summed E-state index contributed by atoms with van der Waals surface area (Å²) in [6.45, 7) is 0. The smallest absolute Gasteiger partial charge is 0.248 e. The van der Waals surface area contributed by atoms with Crippen molar-refractivity contribution in [3.63, 3.8) is 0 Å². The first-order valence-corrected chi connectivity index (χ1v) is 14.0. The molecule has 40 heavy (non-hydrogen) atoms. The van der Waals surface area contributed by atoms with Crippen LogP contribution in [0.4, 0.5) is 27.9 Å². The SMILES string of the molecule is O=C1C(Cl)C(c2cc(N=Nc3nc4ccccc4s3)ccc2O)N1c1cc(O)ccc1N=Nc1ccccc1Br. The molecular formula is C28H18BrClN6O3S. The molecule has 1 aromatic heterocycles. The van der Waals surface area contributed by atoms with Gasteiger partial charge in [0.2, 0.25) is 11.0 Å². The number of phenolic OH excluding ortho intramolecular Hbond substituents is 2. The second kappa shape index (κ2) is 10.8. The number of nitrogens with zero attached hydrogens (tertiary/aromatic N) is 6. The van der Waals surface area contributed by atoms with Gasteiger partial charge in [-0.2, -0.15) is 0 Å². The predicted octanol–water partition coefficient (Wildman–Crippen LogP) is 9.00. The first kappa shape index (κ1) is 26.1. The van der Waals surface area contributed by atoms with Crippen LogP contribution in [0.25, 0.3) is 10.2 Å². The first-order valence-electron chi connectivity index (χ1n) is 12.0. The Hall–Kier alpha value is -4.19. The zero-order chi connectivity index (χ0) is 27.8. The van der Waals surface area contributed by atoms with Crippen LogP contribution in [-0.2, 0) is 4.79 Å². The van der Waals surface area contributed by atoms with E-state index in [2.05, 4.69) is 41.4 Å². The molecule has 1 amide bonds. The van der Waals surface area contributed by atoms with Gasteiger partial charge < -0.3 is 10.2 Å². The van der Waals surface area contributed by atoms with Gasteiger partial charge in [0.05, 0.1) is 33.3 Å². The quantitative estimate of drug-likeness (QED) is 0.110. The molecular weight excluding hydrogens is 616 g/mol. The van der Waals surface area contributed by atoms with Crippen LogP contribution in [0.15, 0.2) is 110 Å². The molecule has 2 atom stereocenters. The fourth-order valence-corrected chi connectivity index (χ4v) is 5.80. The first-order chi connectivity index (χ1) is 19.4. The number of aromatic nitrogens is 1. The molecule has 1 fully saturated rings. The van der Waals surface area contributed by atoms with E-state index in [1.54, 1.807) is 24.3 Å². The number of carbonyl (C=O) groups is 1. The Morgan fingerprint density at radius 2 is 1.65 bits per heavy atom. The third-order valence-electron chi connectivity index (χ3n) is 6.23. The Balaban J connectivity index is 1.34. The zero-order valence-corrected chi connectivity index (χ0v) is 23.5. The van der Waals surface area contributed by atoms with Crippen molar-refractivity contribution in [2.75, 3.05) is 4.90 Å². The number of hydrogen-bond donors (Lipinski definition) is 2. The highest BCUT2D eigenvalue weighted by Gasteiger charge is 2.50. The van der Waals surface area contributed by atoms with Crippen molar-refractivity contribution in [1.29, 1.82) is 0 Å². The summed E-state index contributed by atoms with van der Waals surface area (Å²) in [5, 5.41) is 37.7. The number of thiazole rings is 1. The lowest BCUT2D eigenvalue weighted by Gasteiger charge is -2.44. The molecule has 5 aromatic rings. The number of benzene rings is 4. The molecule has 4 aromatic carbocycles. The number of aromatic hydroxyl groups is 2. The number of carbonyl (C=O) groups excluding carboxylic acids is 1. The number of fused-ring (bicyclic) bond motifs is 1. The zero-order valence-electron chi connectivity index (χ0n) is 20.4. The van der Waals surface area contributed by atoms with Crippen molar-refractivity contribution in [2.24, 2.45) is 20.5 Å². The summed E-state index contributed by atoms with van der Waals surface area (Å²) >= 11 is 11.3. The van der Waals surface area contributed by atoms with E-state index < -0.39 is 17.3 Å². The minimum atomic E-state index is -0.960. The lowest BCUT2D eigenvalue weighted by Crippen LogP contribution is -2.56. The highest BCUT2D eigenvalue weighted by molar-refractivity contribution is 9.10.